The Kier molecular flexibility index (Phi) is 8.27. The summed E-state index contributed by atoms with van der Waals surface area (Å²) in [5.74, 6) is 3.31. The van der Waals surface area contributed by atoms with Crippen molar-refractivity contribution in [3.8, 4) is 11.5 Å². The second-order valence-electron chi connectivity index (χ2n) is 10.4. The Morgan fingerprint density at radius 1 is 1.00 bits per heavy atom. The molecule has 0 saturated carbocycles. The second-order valence-corrected chi connectivity index (χ2v) is 11.3. The van der Waals surface area contributed by atoms with E-state index in [2.05, 4.69) is 35.4 Å². The summed E-state index contributed by atoms with van der Waals surface area (Å²) in [6.07, 6.45) is 7.50. The lowest BCUT2D eigenvalue weighted by molar-refractivity contribution is 0.0468. The lowest BCUT2D eigenvalue weighted by atomic mass is 9.90. The van der Waals surface area contributed by atoms with Gasteiger partial charge in [0.1, 0.15) is 19.3 Å². The molecular formula is C29H38N2O4S. The highest BCUT2D eigenvalue weighted by Crippen LogP contribution is 2.34. The number of carbonyl (C=O) groups excluding carboxylic acids is 1. The van der Waals surface area contributed by atoms with Crippen molar-refractivity contribution in [3.63, 3.8) is 0 Å². The van der Waals surface area contributed by atoms with Gasteiger partial charge in [0, 0.05) is 18.8 Å². The minimum atomic E-state index is -0.248. The molecule has 2 aromatic rings. The van der Waals surface area contributed by atoms with Gasteiger partial charge in [-0.25, -0.2) is 4.79 Å². The maximum Gasteiger partial charge on any atom is 0.410 e. The van der Waals surface area contributed by atoms with Crippen LogP contribution in [0.2, 0.25) is 0 Å². The van der Waals surface area contributed by atoms with Crippen LogP contribution in [0, 0.1) is 5.92 Å². The first-order valence-electron chi connectivity index (χ1n) is 13.2. The molecule has 5 rings (SSSR count). The fourth-order valence-electron chi connectivity index (χ4n) is 5.87. The van der Waals surface area contributed by atoms with E-state index in [4.69, 9.17) is 14.2 Å². The number of rotatable bonds is 10. The zero-order valence-electron chi connectivity index (χ0n) is 21.3. The summed E-state index contributed by atoms with van der Waals surface area (Å²) >= 11 is 1.80. The molecule has 2 saturated heterocycles. The SMILES string of the molecule is CSCC1(Cc2ccccc2)COC(=O)N1CCCC1CCN(C[C@H]2COc3ccccc3O2)CC1. The number of carbonyl (C=O) groups is 1. The van der Waals surface area contributed by atoms with Crippen LogP contribution in [-0.4, -0.2) is 78.9 Å². The van der Waals surface area contributed by atoms with Gasteiger partial charge in [0.25, 0.3) is 0 Å². The molecule has 36 heavy (non-hydrogen) atoms. The molecule has 1 amide bonds. The predicted molar refractivity (Wildman–Crippen MR) is 144 cm³/mol. The summed E-state index contributed by atoms with van der Waals surface area (Å²) in [5, 5.41) is 0. The number of nitrogens with zero attached hydrogens (tertiary/aromatic N) is 2. The van der Waals surface area contributed by atoms with Gasteiger partial charge < -0.3 is 14.2 Å². The minimum Gasteiger partial charge on any atom is -0.486 e. The van der Waals surface area contributed by atoms with E-state index >= 15 is 0 Å². The third-order valence-electron chi connectivity index (χ3n) is 7.78. The summed E-state index contributed by atoms with van der Waals surface area (Å²) in [4.78, 5) is 17.3. The number of ether oxygens (including phenoxy) is 3. The van der Waals surface area contributed by atoms with Crippen molar-refractivity contribution in [3.05, 3.63) is 60.2 Å². The average molecular weight is 511 g/mol. The number of fused-ring (bicyclic) bond motifs is 1. The molecule has 1 unspecified atom stereocenters. The number of thioether (sulfide) groups is 1. The van der Waals surface area contributed by atoms with Gasteiger partial charge >= 0.3 is 6.09 Å². The van der Waals surface area contributed by atoms with E-state index in [-0.39, 0.29) is 17.7 Å². The molecule has 3 aliphatic heterocycles. The zero-order chi connectivity index (χ0) is 24.8. The van der Waals surface area contributed by atoms with Crippen LogP contribution in [0.3, 0.4) is 0 Å². The molecular weight excluding hydrogens is 472 g/mol. The number of amides is 1. The van der Waals surface area contributed by atoms with Crippen LogP contribution in [-0.2, 0) is 11.2 Å². The number of hydrogen-bond donors (Lipinski definition) is 0. The zero-order valence-corrected chi connectivity index (χ0v) is 22.1. The van der Waals surface area contributed by atoms with Crippen LogP contribution in [0.25, 0.3) is 0 Å². The van der Waals surface area contributed by atoms with E-state index in [1.165, 1.54) is 18.4 Å². The molecule has 3 aliphatic rings. The summed E-state index contributed by atoms with van der Waals surface area (Å²) in [6, 6.07) is 18.4. The fraction of sp³-hybridized carbons (Fsp3) is 0.552. The lowest BCUT2D eigenvalue weighted by Gasteiger charge is -2.37. The van der Waals surface area contributed by atoms with Gasteiger partial charge in [-0.15, -0.1) is 0 Å². The Hall–Kier alpha value is -2.38. The molecule has 0 bridgehead atoms. The molecule has 6 nitrogen and oxygen atoms in total. The van der Waals surface area contributed by atoms with E-state index in [0.29, 0.717) is 19.1 Å². The number of benzene rings is 2. The highest BCUT2D eigenvalue weighted by Gasteiger charge is 2.46. The van der Waals surface area contributed by atoms with Gasteiger partial charge in [0.05, 0.1) is 5.54 Å². The molecule has 7 heteroatoms. The van der Waals surface area contributed by atoms with Crippen LogP contribution in [0.4, 0.5) is 4.79 Å². The van der Waals surface area contributed by atoms with E-state index in [1.807, 2.05) is 35.2 Å². The number of likely N-dealkylation sites (tertiary alicyclic amines) is 1. The van der Waals surface area contributed by atoms with E-state index in [0.717, 1.165) is 62.7 Å². The Bertz CT molecular complexity index is 998. The monoisotopic (exact) mass is 510 g/mol. The van der Waals surface area contributed by atoms with Crippen LogP contribution >= 0.6 is 11.8 Å². The van der Waals surface area contributed by atoms with Crippen molar-refractivity contribution in [2.24, 2.45) is 5.92 Å². The molecule has 0 aromatic heterocycles. The normalized spacial score (nSPS) is 24.6. The first-order valence-corrected chi connectivity index (χ1v) is 14.6. The quantitative estimate of drug-likeness (QED) is 0.443. The molecule has 0 radical (unpaired) electrons. The maximum absolute atomic E-state index is 12.7. The Morgan fingerprint density at radius 2 is 1.75 bits per heavy atom. The van der Waals surface area contributed by atoms with E-state index in [1.54, 1.807) is 11.8 Å². The van der Waals surface area contributed by atoms with Crippen LogP contribution < -0.4 is 9.47 Å². The number of para-hydroxylation sites is 2. The summed E-state index contributed by atoms with van der Waals surface area (Å²) in [5.41, 5.74) is 1.01. The molecule has 3 heterocycles. The topological polar surface area (TPSA) is 51.2 Å². The second kappa shape index (κ2) is 11.8. The third kappa shape index (κ3) is 5.94. The fourth-order valence-corrected chi connectivity index (χ4v) is 6.75. The first kappa shape index (κ1) is 25.3. The van der Waals surface area contributed by atoms with Crippen molar-refractivity contribution in [1.82, 2.24) is 9.80 Å². The van der Waals surface area contributed by atoms with Crippen LogP contribution in [0.5, 0.6) is 11.5 Å². The first-order chi connectivity index (χ1) is 17.6. The van der Waals surface area contributed by atoms with E-state index in [9.17, 15) is 4.79 Å². The Balaban J connectivity index is 1.08. The number of piperidine rings is 1. The number of cyclic esters (lactones) is 1. The molecule has 2 aromatic carbocycles. The van der Waals surface area contributed by atoms with Crippen molar-refractivity contribution in [2.45, 2.75) is 43.7 Å². The minimum absolute atomic E-state index is 0.0896. The number of hydrogen-bond acceptors (Lipinski definition) is 6. The molecule has 0 aliphatic carbocycles. The van der Waals surface area contributed by atoms with Gasteiger partial charge in [-0.1, -0.05) is 42.5 Å². The van der Waals surface area contributed by atoms with Crippen LogP contribution in [0.15, 0.2) is 54.6 Å². The highest BCUT2D eigenvalue weighted by atomic mass is 32.2. The summed E-state index contributed by atoms with van der Waals surface area (Å²) in [6.45, 7) is 4.99. The Morgan fingerprint density at radius 3 is 2.53 bits per heavy atom. The van der Waals surface area contributed by atoms with Crippen molar-refractivity contribution < 1.29 is 19.0 Å². The standard InChI is InChI=1S/C29H38N2O4S/c1-36-22-29(18-24-8-3-2-4-9-24)21-34-28(32)31(29)15-7-10-23-13-16-30(17-14-23)19-25-20-33-26-11-5-6-12-27(26)35-25/h2-6,8-9,11-12,23,25H,7,10,13-22H2,1H3/t25-,29?/m0/s1. The average Bonchev–Trinajstić information content (AvgIpc) is 3.20. The van der Waals surface area contributed by atoms with Gasteiger partial charge in [-0.05, 0) is 75.1 Å². The highest BCUT2D eigenvalue weighted by molar-refractivity contribution is 7.98. The molecule has 194 valence electrons. The van der Waals surface area contributed by atoms with Crippen molar-refractivity contribution >= 4 is 17.9 Å². The smallest absolute Gasteiger partial charge is 0.410 e. The Labute approximate surface area is 219 Å². The van der Waals surface area contributed by atoms with Crippen LogP contribution in [0.1, 0.15) is 31.2 Å². The van der Waals surface area contributed by atoms with Crippen molar-refractivity contribution in [2.75, 3.05) is 51.4 Å². The molecule has 0 spiro atoms. The maximum atomic E-state index is 12.7. The van der Waals surface area contributed by atoms with E-state index < -0.39 is 0 Å². The summed E-state index contributed by atoms with van der Waals surface area (Å²) in [7, 11) is 0. The van der Waals surface area contributed by atoms with Gasteiger partial charge in [0.2, 0.25) is 0 Å². The largest absolute Gasteiger partial charge is 0.486 e. The van der Waals surface area contributed by atoms with Gasteiger partial charge in [-0.2, -0.15) is 11.8 Å². The third-order valence-corrected chi connectivity index (χ3v) is 8.60. The summed E-state index contributed by atoms with van der Waals surface area (Å²) < 4.78 is 17.6. The molecule has 0 N–H and O–H groups in total. The molecule has 2 fully saturated rings. The lowest BCUT2D eigenvalue weighted by Crippen LogP contribution is -2.51. The van der Waals surface area contributed by atoms with Gasteiger partial charge in [0.15, 0.2) is 11.5 Å². The molecule has 2 atom stereocenters. The predicted octanol–water partition coefficient (Wildman–Crippen LogP) is 5.12. The van der Waals surface area contributed by atoms with Gasteiger partial charge in [-0.3, -0.25) is 9.80 Å². The van der Waals surface area contributed by atoms with Crippen molar-refractivity contribution in [1.29, 1.82) is 0 Å².